The molecule has 152 valence electrons. The second-order valence-corrected chi connectivity index (χ2v) is 7.12. The van der Waals surface area contributed by atoms with Gasteiger partial charge in [-0.15, -0.1) is 0 Å². The minimum absolute atomic E-state index is 0.106. The molecule has 0 spiro atoms. The molecule has 1 aliphatic carbocycles. The number of carbonyl (C=O) groups is 1. The Hall–Kier alpha value is -3.04. The van der Waals surface area contributed by atoms with Crippen molar-refractivity contribution in [2.75, 3.05) is 0 Å². The molecule has 1 aromatic carbocycles. The lowest BCUT2D eigenvalue weighted by Crippen LogP contribution is -2.31. The van der Waals surface area contributed by atoms with Gasteiger partial charge in [0.1, 0.15) is 17.2 Å². The summed E-state index contributed by atoms with van der Waals surface area (Å²) in [6.45, 7) is 0. The van der Waals surface area contributed by atoms with Crippen molar-refractivity contribution in [1.29, 1.82) is 0 Å². The molecule has 1 aliphatic rings. The lowest BCUT2D eigenvalue weighted by molar-refractivity contribution is 0.0924. The molecular formula is C19H17F4N5O. The van der Waals surface area contributed by atoms with E-state index in [1.165, 1.54) is 0 Å². The van der Waals surface area contributed by atoms with Crippen molar-refractivity contribution in [2.24, 2.45) is 13.0 Å². The van der Waals surface area contributed by atoms with Gasteiger partial charge >= 0.3 is 0 Å². The fourth-order valence-corrected chi connectivity index (χ4v) is 3.23. The number of fused-ring (bicyclic) bond motifs is 1. The smallest absolute Gasteiger partial charge is 0.281 e. The van der Waals surface area contributed by atoms with E-state index < -0.39 is 35.7 Å². The number of alkyl halides is 2. The summed E-state index contributed by atoms with van der Waals surface area (Å²) in [6.07, 6.45) is 1.70. The Kier molecular flexibility index (Phi) is 4.93. The molecule has 29 heavy (non-hydrogen) atoms. The zero-order chi connectivity index (χ0) is 20.7. The number of carbonyl (C=O) groups excluding carboxylic acids is 1. The number of hydrogen-bond acceptors (Lipinski definition) is 4. The summed E-state index contributed by atoms with van der Waals surface area (Å²) in [4.78, 5) is 24.3. The van der Waals surface area contributed by atoms with Crippen molar-refractivity contribution in [3.63, 3.8) is 0 Å². The van der Waals surface area contributed by atoms with Gasteiger partial charge in [-0.3, -0.25) is 9.78 Å². The second-order valence-electron chi connectivity index (χ2n) is 7.12. The first-order valence-corrected chi connectivity index (χ1v) is 9.05. The van der Waals surface area contributed by atoms with E-state index >= 15 is 0 Å². The van der Waals surface area contributed by atoms with Gasteiger partial charge in [0.05, 0.1) is 29.5 Å². The topological polar surface area (TPSA) is 72.7 Å². The minimum Gasteiger partial charge on any atom is -0.341 e. The molecule has 0 unspecified atom stereocenters. The van der Waals surface area contributed by atoms with Gasteiger partial charge in [-0.2, -0.15) is 0 Å². The van der Waals surface area contributed by atoms with E-state index in [1.807, 2.05) is 0 Å². The standard InChI is InChI=1S/C19H17F4N5O/c1-28-16-6-11(21)10(20)5-12(16)26-18(28)13(4-9-2-3-9)27-19(29)15-8-24-14(7-25-15)17(22)23/h5-9,13,17H,2-4H2,1H3,(H,27,29)/t13-/m0/s1. The molecule has 4 rings (SSSR count). The largest absolute Gasteiger partial charge is 0.341 e. The highest BCUT2D eigenvalue weighted by molar-refractivity contribution is 5.92. The van der Waals surface area contributed by atoms with E-state index in [2.05, 4.69) is 20.3 Å². The molecule has 6 nitrogen and oxygen atoms in total. The Balaban J connectivity index is 1.63. The number of rotatable bonds is 6. The highest BCUT2D eigenvalue weighted by Gasteiger charge is 2.30. The minimum atomic E-state index is -2.77. The summed E-state index contributed by atoms with van der Waals surface area (Å²) < 4.78 is 54.0. The van der Waals surface area contributed by atoms with Crippen LogP contribution in [0.1, 0.15) is 53.7 Å². The number of amides is 1. The molecular weight excluding hydrogens is 390 g/mol. The van der Waals surface area contributed by atoms with Crippen LogP contribution in [0.15, 0.2) is 24.5 Å². The Morgan fingerprint density at radius 1 is 1.21 bits per heavy atom. The van der Waals surface area contributed by atoms with E-state index in [0.29, 0.717) is 23.7 Å². The summed E-state index contributed by atoms with van der Waals surface area (Å²) in [7, 11) is 1.66. The van der Waals surface area contributed by atoms with E-state index in [1.54, 1.807) is 11.6 Å². The van der Waals surface area contributed by atoms with Gasteiger partial charge in [0.25, 0.3) is 12.3 Å². The maximum atomic E-state index is 13.6. The lowest BCUT2D eigenvalue weighted by Gasteiger charge is -2.18. The fourth-order valence-electron chi connectivity index (χ4n) is 3.23. The normalized spacial score (nSPS) is 15.1. The molecule has 10 heteroatoms. The van der Waals surface area contributed by atoms with Crippen LogP contribution >= 0.6 is 0 Å². The van der Waals surface area contributed by atoms with Crippen LogP contribution in [0.5, 0.6) is 0 Å². The summed E-state index contributed by atoms with van der Waals surface area (Å²) >= 11 is 0. The second kappa shape index (κ2) is 7.41. The summed E-state index contributed by atoms with van der Waals surface area (Å²) in [5, 5.41) is 2.80. The summed E-state index contributed by atoms with van der Waals surface area (Å²) in [5.41, 5.74) is 0.0501. The highest BCUT2D eigenvalue weighted by atomic mass is 19.3. The average molecular weight is 407 g/mol. The number of benzene rings is 1. The maximum Gasteiger partial charge on any atom is 0.281 e. The van der Waals surface area contributed by atoms with E-state index in [-0.39, 0.29) is 11.2 Å². The number of halogens is 4. The van der Waals surface area contributed by atoms with Gasteiger partial charge in [-0.05, 0) is 12.3 Å². The van der Waals surface area contributed by atoms with Crippen molar-refractivity contribution < 1.29 is 22.4 Å². The SMILES string of the molecule is Cn1c([C@H](CC2CC2)NC(=O)c2cnc(C(F)F)cn2)nc2cc(F)c(F)cc21. The zero-order valence-electron chi connectivity index (χ0n) is 15.4. The Morgan fingerprint density at radius 3 is 2.55 bits per heavy atom. The van der Waals surface area contributed by atoms with Crippen LogP contribution in [0.25, 0.3) is 11.0 Å². The predicted molar refractivity (Wildman–Crippen MR) is 95.2 cm³/mol. The van der Waals surface area contributed by atoms with Crippen molar-refractivity contribution in [3.05, 3.63) is 53.4 Å². The molecule has 0 radical (unpaired) electrons. The number of nitrogens with one attached hydrogen (secondary N) is 1. The first kappa shape index (κ1) is 19.3. The molecule has 1 saturated carbocycles. The van der Waals surface area contributed by atoms with Gasteiger partial charge < -0.3 is 9.88 Å². The molecule has 0 aliphatic heterocycles. The molecule has 0 bridgehead atoms. The molecule has 2 aromatic heterocycles. The first-order valence-electron chi connectivity index (χ1n) is 9.05. The number of nitrogens with zero attached hydrogens (tertiary/aromatic N) is 4. The Labute approximate surface area is 163 Å². The average Bonchev–Trinajstić information content (AvgIpc) is 3.46. The van der Waals surface area contributed by atoms with Crippen LogP contribution in [0.3, 0.4) is 0 Å². The third kappa shape index (κ3) is 3.92. The number of hydrogen-bond donors (Lipinski definition) is 1. The van der Waals surface area contributed by atoms with Crippen molar-refractivity contribution in [1.82, 2.24) is 24.8 Å². The van der Waals surface area contributed by atoms with E-state index in [0.717, 1.165) is 37.4 Å². The summed E-state index contributed by atoms with van der Waals surface area (Å²) in [5.74, 6) is -1.72. The first-order chi connectivity index (χ1) is 13.8. The molecule has 1 atom stereocenters. The van der Waals surface area contributed by atoms with Crippen LogP contribution < -0.4 is 5.32 Å². The quantitative estimate of drug-likeness (QED) is 0.630. The van der Waals surface area contributed by atoms with Gasteiger partial charge in [0.2, 0.25) is 0 Å². The molecule has 1 N–H and O–H groups in total. The zero-order valence-corrected chi connectivity index (χ0v) is 15.4. The summed E-state index contributed by atoms with van der Waals surface area (Å²) in [6, 6.07) is 1.54. The van der Waals surface area contributed by atoms with Crippen LogP contribution in [0, 0.1) is 17.6 Å². The van der Waals surface area contributed by atoms with Gasteiger partial charge in [0.15, 0.2) is 11.6 Å². The van der Waals surface area contributed by atoms with Crippen LogP contribution in [0.4, 0.5) is 17.6 Å². The van der Waals surface area contributed by atoms with Crippen LogP contribution in [0.2, 0.25) is 0 Å². The number of imidazole rings is 1. The molecule has 2 heterocycles. The third-order valence-electron chi connectivity index (χ3n) is 4.97. The molecule has 1 fully saturated rings. The third-order valence-corrected chi connectivity index (χ3v) is 4.97. The van der Waals surface area contributed by atoms with Gasteiger partial charge in [0, 0.05) is 19.2 Å². The van der Waals surface area contributed by atoms with Gasteiger partial charge in [-0.1, -0.05) is 12.8 Å². The Bertz CT molecular complexity index is 1060. The van der Waals surface area contributed by atoms with Crippen molar-refractivity contribution in [3.8, 4) is 0 Å². The molecule has 1 amide bonds. The van der Waals surface area contributed by atoms with E-state index in [4.69, 9.17) is 0 Å². The molecule has 3 aromatic rings. The van der Waals surface area contributed by atoms with E-state index in [9.17, 15) is 22.4 Å². The monoisotopic (exact) mass is 407 g/mol. The van der Waals surface area contributed by atoms with Gasteiger partial charge in [-0.25, -0.2) is 27.5 Å². The van der Waals surface area contributed by atoms with Crippen LogP contribution in [-0.4, -0.2) is 25.4 Å². The maximum absolute atomic E-state index is 13.6. The fraction of sp³-hybridized carbons (Fsp3) is 0.368. The Morgan fingerprint density at radius 2 is 1.93 bits per heavy atom. The predicted octanol–water partition coefficient (Wildman–Crippen LogP) is 3.85. The van der Waals surface area contributed by atoms with Crippen LogP contribution in [-0.2, 0) is 7.05 Å². The van der Waals surface area contributed by atoms with Crippen molar-refractivity contribution >= 4 is 16.9 Å². The highest BCUT2D eigenvalue weighted by Crippen LogP contribution is 2.38. The van der Waals surface area contributed by atoms with Crippen molar-refractivity contribution in [2.45, 2.75) is 31.7 Å². The number of aromatic nitrogens is 4. The number of aryl methyl sites for hydroxylation is 1. The lowest BCUT2D eigenvalue weighted by atomic mass is 10.1. The molecule has 0 saturated heterocycles.